The van der Waals surface area contributed by atoms with Gasteiger partial charge in [0.05, 0.1) is 18.3 Å². The van der Waals surface area contributed by atoms with Crippen molar-refractivity contribution in [3.8, 4) is 5.75 Å². The molecule has 236 valence electrons. The molecule has 0 fully saturated rings. The normalized spacial score (nSPS) is 12.6. The zero-order valence-electron chi connectivity index (χ0n) is 26.0. The summed E-state index contributed by atoms with van der Waals surface area (Å²) in [4.78, 5) is 38.5. The number of benzene rings is 5. The number of hydrogen-bond donors (Lipinski definition) is 0. The summed E-state index contributed by atoms with van der Waals surface area (Å²) in [6.45, 7) is 1.75. The molecular weight excluding hydrogens is 671 g/mol. The Labute approximate surface area is 286 Å². The van der Waals surface area contributed by atoms with Gasteiger partial charge in [0.2, 0.25) is 5.78 Å². The minimum absolute atomic E-state index is 0. The molecule has 0 amide bonds. The van der Waals surface area contributed by atoms with Gasteiger partial charge in [-0.1, -0.05) is 91.0 Å². The zero-order valence-corrected chi connectivity index (χ0v) is 28.5. The van der Waals surface area contributed by atoms with E-state index in [9.17, 15) is 14.4 Å². The number of allylic oxidation sites excluding steroid dienone is 2. The molecule has 0 aliphatic heterocycles. The molecule has 1 aliphatic carbocycles. The minimum Gasteiger partial charge on any atom is -1.00 e. The Balaban J connectivity index is 0.00000433. The van der Waals surface area contributed by atoms with Crippen LogP contribution in [-0.2, 0) is 9.53 Å². The molecule has 7 heteroatoms. The lowest BCUT2D eigenvalue weighted by Crippen LogP contribution is -3.00. The van der Waals surface area contributed by atoms with Gasteiger partial charge in [-0.3, -0.25) is 14.4 Å². The van der Waals surface area contributed by atoms with E-state index >= 15 is 0 Å². The van der Waals surface area contributed by atoms with Crippen molar-refractivity contribution >= 4 is 46.3 Å². The van der Waals surface area contributed by atoms with Crippen molar-refractivity contribution in [1.29, 1.82) is 0 Å². The first-order chi connectivity index (χ1) is 22.5. The molecule has 0 radical (unpaired) electrons. The Kier molecular flexibility index (Phi) is 11.0. The first-order valence-electron chi connectivity index (χ1n) is 15.4. The lowest BCUT2D eigenvalue weighted by Gasteiger charge is -2.27. The number of carbonyl (C=O) groups is 3. The van der Waals surface area contributed by atoms with E-state index in [4.69, 9.17) is 9.47 Å². The summed E-state index contributed by atoms with van der Waals surface area (Å²) in [5.74, 6) is -1.09. The standard InChI is InChI=1S/C40H34O5P.BrH/c1-29(41)45-40-37(38(42)35-21-11-12-22-36(35)39(40)43)30-23-25-31(26-24-30)44-27-13-14-28-46(32-15-5-2-6-16-32,33-17-7-3-8-18-33)34-19-9-4-10-20-34;/h2-12,15-26H,13-14,27-28H2,1H3;1H/q+1;/p-1. The van der Waals surface area contributed by atoms with Crippen LogP contribution in [0.1, 0.15) is 46.0 Å². The van der Waals surface area contributed by atoms with E-state index in [-0.39, 0.29) is 39.7 Å². The summed E-state index contributed by atoms with van der Waals surface area (Å²) < 4.78 is 11.4. The molecule has 0 saturated heterocycles. The second kappa shape index (κ2) is 15.3. The van der Waals surface area contributed by atoms with Crippen molar-refractivity contribution in [2.75, 3.05) is 12.8 Å². The van der Waals surface area contributed by atoms with Gasteiger partial charge in [-0.05, 0) is 66.9 Å². The topological polar surface area (TPSA) is 69.7 Å². The van der Waals surface area contributed by atoms with Crippen LogP contribution < -0.4 is 37.6 Å². The fraction of sp³-hybridized carbons (Fsp3) is 0.125. The van der Waals surface area contributed by atoms with Crippen LogP contribution in [0.15, 0.2) is 145 Å². The maximum Gasteiger partial charge on any atom is 0.308 e. The SMILES string of the molecule is CC(=O)OC1=C(c2ccc(OCCCC[P+](c3ccccc3)(c3ccccc3)c3ccccc3)cc2)C(=O)c2ccccc2C1=O.[Br-]. The van der Waals surface area contributed by atoms with Gasteiger partial charge in [-0.25, -0.2) is 0 Å². The number of rotatable bonds is 11. The van der Waals surface area contributed by atoms with Gasteiger partial charge in [0.25, 0.3) is 0 Å². The van der Waals surface area contributed by atoms with E-state index in [1.165, 1.54) is 22.8 Å². The van der Waals surface area contributed by atoms with E-state index in [2.05, 4.69) is 91.0 Å². The highest BCUT2D eigenvalue weighted by molar-refractivity contribution is 7.95. The molecule has 6 rings (SSSR count). The first-order valence-corrected chi connectivity index (χ1v) is 17.4. The number of Topliss-reactive ketones (excluding diaryl/α,β-unsaturated/α-hetero) is 2. The van der Waals surface area contributed by atoms with Crippen molar-refractivity contribution < 1.29 is 40.8 Å². The number of halogens is 1. The molecule has 0 atom stereocenters. The van der Waals surface area contributed by atoms with E-state index in [0.29, 0.717) is 23.5 Å². The van der Waals surface area contributed by atoms with E-state index in [0.717, 1.165) is 19.0 Å². The number of fused-ring (bicyclic) bond motifs is 1. The van der Waals surface area contributed by atoms with Crippen LogP contribution in [0.2, 0.25) is 0 Å². The zero-order chi connectivity index (χ0) is 31.9. The fourth-order valence-electron chi connectivity index (χ4n) is 6.10. The molecule has 5 aromatic carbocycles. The quantitative estimate of drug-likeness (QED) is 0.117. The average molecular weight is 706 g/mol. The molecule has 0 bridgehead atoms. The van der Waals surface area contributed by atoms with Gasteiger partial charge in [0.1, 0.15) is 28.9 Å². The fourth-order valence-corrected chi connectivity index (χ4v) is 10.5. The van der Waals surface area contributed by atoms with Crippen molar-refractivity contribution in [3.63, 3.8) is 0 Å². The van der Waals surface area contributed by atoms with Gasteiger partial charge in [0.15, 0.2) is 11.5 Å². The van der Waals surface area contributed by atoms with Crippen molar-refractivity contribution in [2.24, 2.45) is 0 Å². The van der Waals surface area contributed by atoms with Gasteiger partial charge in [-0.15, -0.1) is 0 Å². The summed E-state index contributed by atoms with van der Waals surface area (Å²) in [6, 6.07) is 46.1. The van der Waals surface area contributed by atoms with E-state index in [1.54, 1.807) is 48.5 Å². The smallest absolute Gasteiger partial charge is 0.308 e. The van der Waals surface area contributed by atoms with Crippen LogP contribution >= 0.6 is 7.26 Å². The van der Waals surface area contributed by atoms with Crippen molar-refractivity contribution in [1.82, 2.24) is 0 Å². The number of esters is 1. The minimum atomic E-state index is -1.89. The summed E-state index contributed by atoms with van der Waals surface area (Å²) in [6.07, 6.45) is 2.85. The molecule has 5 nitrogen and oxygen atoms in total. The summed E-state index contributed by atoms with van der Waals surface area (Å²) >= 11 is 0. The highest BCUT2D eigenvalue weighted by Gasteiger charge is 2.44. The predicted octanol–water partition coefficient (Wildman–Crippen LogP) is 4.20. The summed E-state index contributed by atoms with van der Waals surface area (Å²) in [7, 11) is -1.89. The Morgan fingerprint density at radius 1 is 0.596 bits per heavy atom. The maximum absolute atomic E-state index is 13.4. The van der Waals surface area contributed by atoms with E-state index < -0.39 is 19.0 Å². The van der Waals surface area contributed by atoms with E-state index in [1.807, 2.05) is 0 Å². The first kappa shape index (κ1) is 33.7. The second-order valence-electron chi connectivity index (χ2n) is 11.1. The van der Waals surface area contributed by atoms with Crippen LogP contribution in [0.5, 0.6) is 5.75 Å². The van der Waals surface area contributed by atoms with Crippen LogP contribution in [0.4, 0.5) is 0 Å². The number of hydrogen-bond acceptors (Lipinski definition) is 5. The summed E-state index contributed by atoms with van der Waals surface area (Å²) in [5.41, 5.74) is 1.08. The van der Waals surface area contributed by atoms with Gasteiger partial charge >= 0.3 is 5.97 Å². The molecule has 0 spiro atoms. The summed E-state index contributed by atoms with van der Waals surface area (Å²) in [5, 5.41) is 4.10. The van der Waals surface area contributed by atoms with Gasteiger partial charge in [0, 0.05) is 18.1 Å². The number of ether oxygens (including phenoxy) is 2. The molecule has 0 unspecified atom stereocenters. The van der Waals surface area contributed by atoms with Crippen LogP contribution in [0.3, 0.4) is 0 Å². The average Bonchev–Trinajstić information content (AvgIpc) is 3.10. The third-order valence-electron chi connectivity index (χ3n) is 8.21. The predicted molar refractivity (Wildman–Crippen MR) is 185 cm³/mol. The van der Waals surface area contributed by atoms with Gasteiger partial charge < -0.3 is 26.5 Å². The molecule has 5 aromatic rings. The number of carbonyl (C=O) groups excluding carboxylic acids is 3. The largest absolute Gasteiger partial charge is 1.00 e. The van der Waals surface area contributed by atoms with Crippen molar-refractivity contribution in [2.45, 2.75) is 19.8 Å². The van der Waals surface area contributed by atoms with Gasteiger partial charge in [-0.2, -0.15) is 0 Å². The molecule has 0 N–H and O–H groups in total. The Hall–Kier alpha value is -4.64. The Morgan fingerprint density at radius 3 is 1.55 bits per heavy atom. The lowest BCUT2D eigenvalue weighted by molar-refractivity contribution is -0.136. The van der Waals surface area contributed by atoms with Crippen molar-refractivity contribution in [3.05, 3.63) is 162 Å². The Bertz CT molecular complexity index is 1790. The molecule has 0 aromatic heterocycles. The molecule has 0 heterocycles. The van der Waals surface area contributed by atoms with Crippen LogP contribution in [0, 0.1) is 0 Å². The third-order valence-corrected chi connectivity index (χ3v) is 12.7. The Morgan fingerprint density at radius 2 is 1.06 bits per heavy atom. The molecule has 1 aliphatic rings. The third kappa shape index (κ3) is 7.05. The highest BCUT2D eigenvalue weighted by Crippen LogP contribution is 2.55. The number of unbranched alkanes of at least 4 members (excludes halogenated alkanes) is 1. The lowest BCUT2D eigenvalue weighted by atomic mass is 9.85. The highest BCUT2D eigenvalue weighted by atomic mass is 79.9. The second-order valence-corrected chi connectivity index (χ2v) is 14.7. The van der Waals surface area contributed by atoms with Crippen LogP contribution in [-0.4, -0.2) is 30.3 Å². The maximum atomic E-state index is 13.4. The monoisotopic (exact) mass is 704 g/mol. The van der Waals surface area contributed by atoms with Crippen LogP contribution in [0.25, 0.3) is 5.57 Å². The molecule has 47 heavy (non-hydrogen) atoms. The number of ketones is 2. The molecule has 0 saturated carbocycles. The molecular formula is C40H34BrO5P.